The molecule has 1 aliphatic carbocycles. The highest BCUT2D eigenvalue weighted by Gasteiger charge is 2.31. The lowest BCUT2D eigenvalue weighted by Gasteiger charge is -2.39. The number of hydrogen-bond donors (Lipinski definition) is 2. The van der Waals surface area contributed by atoms with E-state index in [1.54, 1.807) is 0 Å². The molecule has 0 aromatic carbocycles. The molecule has 2 heteroatoms. The second kappa shape index (κ2) is 4.43. The first-order valence-electron chi connectivity index (χ1n) is 5.44. The van der Waals surface area contributed by atoms with Gasteiger partial charge in [0.2, 0.25) is 0 Å². The van der Waals surface area contributed by atoms with Crippen molar-refractivity contribution in [3.05, 3.63) is 0 Å². The monoisotopic (exact) mass is 185 g/mol. The number of nitrogens with one attached hydrogen (secondary N) is 1. The first-order chi connectivity index (χ1) is 6.02. The molecule has 0 aliphatic heterocycles. The van der Waals surface area contributed by atoms with Crippen molar-refractivity contribution in [2.45, 2.75) is 58.6 Å². The fraction of sp³-hybridized carbons (Fsp3) is 1.00. The molecule has 0 radical (unpaired) electrons. The molecule has 1 aliphatic rings. The molecule has 78 valence electrons. The van der Waals surface area contributed by atoms with Crippen molar-refractivity contribution in [3.8, 4) is 0 Å². The Morgan fingerprint density at radius 2 is 2.15 bits per heavy atom. The Labute approximate surface area is 81.7 Å². The molecule has 0 aromatic rings. The average molecular weight is 185 g/mol. The molecule has 1 saturated carbocycles. The van der Waals surface area contributed by atoms with E-state index < -0.39 is 0 Å². The molecule has 1 fully saturated rings. The van der Waals surface area contributed by atoms with Crippen LogP contribution in [0, 0.1) is 5.41 Å². The van der Waals surface area contributed by atoms with Crippen LogP contribution in [0.4, 0.5) is 0 Å². The van der Waals surface area contributed by atoms with E-state index in [-0.39, 0.29) is 6.10 Å². The molecule has 1 rings (SSSR count). The maximum atomic E-state index is 9.19. The third kappa shape index (κ3) is 3.28. The van der Waals surface area contributed by atoms with E-state index in [4.69, 9.17) is 0 Å². The van der Waals surface area contributed by atoms with Crippen molar-refractivity contribution in [2.24, 2.45) is 5.41 Å². The van der Waals surface area contributed by atoms with Crippen molar-refractivity contribution >= 4 is 0 Å². The highest BCUT2D eigenvalue weighted by atomic mass is 16.3. The van der Waals surface area contributed by atoms with Gasteiger partial charge in [-0.1, -0.05) is 26.7 Å². The topological polar surface area (TPSA) is 32.3 Å². The van der Waals surface area contributed by atoms with Crippen LogP contribution in [-0.2, 0) is 0 Å². The van der Waals surface area contributed by atoms with Crippen molar-refractivity contribution in [1.29, 1.82) is 0 Å². The number of rotatable bonds is 3. The van der Waals surface area contributed by atoms with Crippen LogP contribution in [0.1, 0.15) is 46.5 Å². The van der Waals surface area contributed by atoms with Crippen LogP contribution < -0.4 is 5.32 Å². The van der Waals surface area contributed by atoms with Crippen molar-refractivity contribution in [1.82, 2.24) is 5.32 Å². The number of aliphatic hydroxyl groups excluding tert-OH is 1. The molecule has 2 nitrogen and oxygen atoms in total. The van der Waals surface area contributed by atoms with E-state index in [0.717, 1.165) is 6.54 Å². The van der Waals surface area contributed by atoms with Gasteiger partial charge in [0.1, 0.15) is 0 Å². The third-order valence-corrected chi connectivity index (χ3v) is 3.17. The van der Waals surface area contributed by atoms with E-state index in [2.05, 4.69) is 19.2 Å². The molecule has 2 N–H and O–H groups in total. The van der Waals surface area contributed by atoms with E-state index in [1.165, 1.54) is 25.7 Å². The molecule has 0 bridgehead atoms. The quantitative estimate of drug-likeness (QED) is 0.704. The standard InChI is InChI=1S/C11H23NO/c1-9(13)8-12-10-6-4-5-7-11(10,2)3/h9-10,12-13H,4-8H2,1-3H3/t9-,10?/m1/s1. The summed E-state index contributed by atoms with van der Waals surface area (Å²) in [6, 6.07) is 0.593. The Kier molecular flexibility index (Phi) is 3.74. The van der Waals surface area contributed by atoms with Gasteiger partial charge in [0.15, 0.2) is 0 Å². The maximum absolute atomic E-state index is 9.19. The summed E-state index contributed by atoms with van der Waals surface area (Å²) in [5, 5.41) is 12.7. The largest absolute Gasteiger partial charge is 0.392 e. The van der Waals surface area contributed by atoms with Gasteiger partial charge >= 0.3 is 0 Å². The summed E-state index contributed by atoms with van der Waals surface area (Å²) in [4.78, 5) is 0. The van der Waals surface area contributed by atoms with Gasteiger partial charge < -0.3 is 10.4 Å². The lowest BCUT2D eigenvalue weighted by molar-refractivity contribution is 0.134. The fourth-order valence-corrected chi connectivity index (χ4v) is 2.19. The molecule has 2 atom stereocenters. The Bertz CT molecular complexity index is 154. The number of hydrogen-bond acceptors (Lipinski definition) is 2. The second-order valence-electron chi connectivity index (χ2n) is 5.04. The normalized spacial score (nSPS) is 30.0. The van der Waals surface area contributed by atoms with Crippen LogP contribution in [0.5, 0.6) is 0 Å². The first-order valence-corrected chi connectivity index (χ1v) is 5.44. The Morgan fingerprint density at radius 1 is 1.46 bits per heavy atom. The first kappa shape index (κ1) is 11.0. The molecule has 0 amide bonds. The predicted molar refractivity (Wildman–Crippen MR) is 55.7 cm³/mol. The summed E-state index contributed by atoms with van der Waals surface area (Å²) >= 11 is 0. The summed E-state index contributed by atoms with van der Waals surface area (Å²) in [5.41, 5.74) is 0.410. The van der Waals surface area contributed by atoms with Crippen molar-refractivity contribution < 1.29 is 5.11 Å². The lowest BCUT2D eigenvalue weighted by atomic mass is 9.73. The molecule has 0 spiro atoms. The minimum Gasteiger partial charge on any atom is -0.392 e. The van der Waals surface area contributed by atoms with Crippen LogP contribution in [0.2, 0.25) is 0 Å². The molecular formula is C11H23NO. The van der Waals surface area contributed by atoms with E-state index >= 15 is 0 Å². The highest BCUT2D eigenvalue weighted by Crippen LogP contribution is 2.35. The molecule has 13 heavy (non-hydrogen) atoms. The van der Waals surface area contributed by atoms with Crippen LogP contribution in [0.15, 0.2) is 0 Å². The number of aliphatic hydroxyl groups is 1. The van der Waals surface area contributed by atoms with Crippen LogP contribution in [-0.4, -0.2) is 23.8 Å². The van der Waals surface area contributed by atoms with Crippen molar-refractivity contribution in [2.75, 3.05) is 6.54 Å². The van der Waals surface area contributed by atoms with Crippen LogP contribution in [0.25, 0.3) is 0 Å². The smallest absolute Gasteiger partial charge is 0.0636 e. The summed E-state index contributed by atoms with van der Waals surface area (Å²) in [6.45, 7) is 7.22. The minimum absolute atomic E-state index is 0.224. The molecule has 0 aromatic heterocycles. The van der Waals surface area contributed by atoms with Gasteiger partial charge in [0, 0.05) is 12.6 Å². The van der Waals surface area contributed by atoms with Gasteiger partial charge in [-0.15, -0.1) is 0 Å². The maximum Gasteiger partial charge on any atom is 0.0636 e. The fourth-order valence-electron chi connectivity index (χ4n) is 2.19. The average Bonchev–Trinajstić information content (AvgIpc) is 2.01. The predicted octanol–water partition coefficient (Wildman–Crippen LogP) is 1.93. The molecule has 0 heterocycles. The van der Waals surface area contributed by atoms with Crippen LogP contribution in [0.3, 0.4) is 0 Å². The zero-order valence-corrected chi connectivity index (χ0v) is 9.14. The van der Waals surface area contributed by atoms with Gasteiger partial charge in [-0.2, -0.15) is 0 Å². The molecule has 0 saturated heterocycles. The Balaban J connectivity index is 2.37. The summed E-state index contributed by atoms with van der Waals surface area (Å²) in [5.74, 6) is 0. The highest BCUT2D eigenvalue weighted by molar-refractivity contribution is 4.87. The van der Waals surface area contributed by atoms with E-state index in [0.29, 0.717) is 11.5 Å². The van der Waals surface area contributed by atoms with Gasteiger partial charge in [0.05, 0.1) is 6.10 Å². The van der Waals surface area contributed by atoms with Crippen molar-refractivity contribution in [3.63, 3.8) is 0 Å². The third-order valence-electron chi connectivity index (χ3n) is 3.17. The summed E-state index contributed by atoms with van der Waals surface area (Å²) in [6.07, 6.45) is 5.04. The Morgan fingerprint density at radius 3 is 2.69 bits per heavy atom. The van der Waals surface area contributed by atoms with E-state index in [1.807, 2.05) is 6.92 Å². The zero-order valence-electron chi connectivity index (χ0n) is 9.14. The van der Waals surface area contributed by atoms with Gasteiger partial charge in [-0.05, 0) is 25.2 Å². The van der Waals surface area contributed by atoms with E-state index in [9.17, 15) is 5.11 Å². The molecule has 1 unspecified atom stereocenters. The van der Waals surface area contributed by atoms with Gasteiger partial charge in [-0.3, -0.25) is 0 Å². The van der Waals surface area contributed by atoms with Crippen LogP contribution >= 0.6 is 0 Å². The SMILES string of the molecule is C[C@@H](O)CNC1CCCCC1(C)C. The summed E-state index contributed by atoms with van der Waals surface area (Å²) in [7, 11) is 0. The summed E-state index contributed by atoms with van der Waals surface area (Å²) < 4.78 is 0. The second-order valence-corrected chi connectivity index (χ2v) is 5.04. The van der Waals surface area contributed by atoms with Gasteiger partial charge in [0.25, 0.3) is 0 Å². The lowest BCUT2D eigenvalue weighted by Crippen LogP contribution is -2.46. The Hall–Kier alpha value is -0.0800. The molecular weight excluding hydrogens is 162 g/mol. The minimum atomic E-state index is -0.224. The zero-order chi connectivity index (χ0) is 9.90. The van der Waals surface area contributed by atoms with Gasteiger partial charge in [-0.25, -0.2) is 0 Å².